The summed E-state index contributed by atoms with van der Waals surface area (Å²) in [6.07, 6.45) is 0.364. The van der Waals surface area contributed by atoms with Crippen LogP contribution < -0.4 is 0 Å². The van der Waals surface area contributed by atoms with Crippen LogP contribution in [0.5, 0.6) is 5.75 Å². The lowest BCUT2D eigenvalue weighted by Gasteiger charge is -2.33. The van der Waals surface area contributed by atoms with Crippen molar-refractivity contribution in [3.8, 4) is 5.75 Å². The topological polar surface area (TPSA) is 70.0 Å². The van der Waals surface area contributed by atoms with Crippen molar-refractivity contribution >= 4 is 29.3 Å². The molecule has 0 spiro atoms. The monoisotopic (exact) mass is 331 g/mol. The number of ether oxygens (including phenoxy) is 1. The van der Waals surface area contributed by atoms with Gasteiger partial charge in [-0.25, -0.2) is 4.79 Å². The Bertz CT molecular complexity index is 580. The molecule has 7 heteroatoms. The zero-order valence-electron chi connectivity index (χ0n) is 11.1. The maximum Gasteiger partial charge on any atom is 0.410 e. The number of cyclic esters (lactones) is 1. The zero-order chi connectivity index (χ0) is 15.1. The molecule has 0 unspecified atom stereocenters. The number of aromatic hydroxyl groups is 1. The van der Waals surface area contributed by atoms with E-state index in [1.165, 1.54) is 6.07 Å². The number of hydrogen-bond donors (Lipinski definition) is 2. The van der Waals surface area contributed by atoms with Gasteiger partial charge >= 0.3 is 6.09 Å². The maximum absolute atomic E-state index is 11.9. The van der Waals surface area contributed by atoms with Crippen molar-refractivity contribution in [1.82, 2.24) is 4.90 Å². The SMILES string of the molecule is O=C1O[C@@H](CO)C[C@@H]2C[C@H](c3c(O)ccc(Cl)c3Cl)CN12. The Labute approximate surface area is 132 Å². The molecule has 2 heterocycles. The fourth-order valence-corrected chi connectivity index (χ4v) is 3.67. The number of nitrogens with zero attached hydrogens (tertiary/aromatic N) is 1. The fraction of sp³-hybridized carbons (Fsp3) is 0.500. The summed E-state index contributed by atoms with van der Waals surface area (Å²) >= 11 is 12.2. The molecule has 2 saturated heterocycles. The molecule has 1 aromatic carbocycles. The summed E-state index contributed by atoms with van der Waals surface area (Å²) in [7, 11) is 0. The smallest absolute Gasteiger partial charge is 0.410 e. The molecule has 0 bridgehead atoms. The van der Waals surface area contributed by atoms with Gasteiger partial charge in [-0.3, -0.25) is 0 Å². The van der Waals surface area contributed by atoms with E-state index in [-0.39, 0.29) is 24.3 Å². The Morgan fingerprint density at radius 2 is 2.10 bits per heavy atom. The van der Waals surface area contributed by atoms with Crippen LogP contribution in [0.2, 0.25) is 10.0 Å². The molecule has 3 rings (SSSR count). The molecule has 2 N–H and O–H groups in total. The van der Waals surface area contributed by atoms with E-state index in [0.29, 0.717) is 35.0 Å². The van der Waals surface area contributed by atoms with Gasteiger partial charge in [0.2, 0.25) is 0 Å². The van der Waals surface area contributed by atoms with Crippen molar-refractivity contribution < 1.29 is 19.7 Å². The quantitative estimate of drug-likeness (QED) is 0.874. The number of hydrogen-bond acceptors (Lipinski definition) is 4. The predicted molar refractivity (Wildman–Crippen MR) is 78.0 cm³/mol. The maximum atomic E-state index is 11.9. The van der Waals surface area contributed by atoms with Crippen LogP contribution in [0.4, 0.5) is 4.79 Å². The molecule has 5 nitrogen and oxygen atoms in total. The summed E-state index contributed by atoms with van der Waals surface area (Å²) in [5, 5.41) is 19.9. The van der Waals surface area contributed by atoms with Gasteiger partial charge in [-0.1, -0.05) is 23.2 Å². The van der Waals surface area contributed by atoms with Gasteiger partial charge in [-0.2, -0.15) is 0 Å². The molecule has 2 aliphatic heterocycles. The summed E-state index contributed by atoms with van der Waals surface area (Å²) in [5.74, 6) is -0.00693. The molecule has 2 aliphatic rings. The first-order chi connectivity index (χ1) is 10.0. The van der Waals surface area contributed by atoms with Gasteiger partial charge in [0.15, 0.2) is 0 Å². The number of amides is 1. The number of carbonyl (C=O) groups excluding carboxylic acids is 1. The third kappa shape index (κ3) is 2.54. The molecule has 21 heavy (non-hydrogen) atoms. The van der Waals surface area contributed by atoms with Crippen molar-refractivity contribution in [2.45, 2.75) is 30.9 Å². The molecule has 1 amide bonds. The van der Waals surface area contributed by atoms with E-state index < -0.39 is 12.2 Å². The second kappa shape index (κ2) is 5.55. The minimum Gasteiger partial charge on any atom is -0.508 e. The zero-order valence-corrected chi connectivity index (χ0v) is 12.6. The molecule has 114 valence electrons. The Morgan fingerprint density at radius 3 is 2.81 bits per heavy atom. The second-order valence-electron chi connectivity index (χ2n) is 5.46. The number of phenolic OH excluding ortho intramolecular Hbond substituents is 1. The fourth-order valence-electron chi connectivity index (χ4n) is 3.19. The Hall–Kier alpha value is -1.17. The Balaban J connectivity index is 1.88. The molecule has 0 aliphatic carbocycles. The van der Waals surface area contributed by atoms with E-state index in [1.54, 1.807) is 11.0 Å². The largest absolute Gasteiger partial charge is 0.508 e. The summed E-state index contributed by atoms with van der Waals surface area (Å²) < 4.78 is 5.13. The summed E-state index contributed by atoms with van der Waals surface area (Å²) in [6, 6.07) is 3.04. The van der Waals surface area contributed by atoms with Gasteiger partial charge in [0, 0.05) is 30.5 Å². The highest BCUT2D eigenvalue weighted by Crippen LogP contribution is 2.44. The molecule has 0 aromatic heterocycles. The molecule has 3 atom stereocenters. The van der Waals surface area contributed by atoms with E-state index in [0.717, 1.165) is 0 Å². The van der Waals surface area contributed by atoms with Gasteiger partial charge < -0.3 is 19.8 Å². The number of benzene rings is 1. The van der Waals surface area contributed by atoms with Crippen LogP contribution in [-0.4, -0.2) is 46.5 Å². The van der Waals surface area contributed by atoms with Gasteiger partial charge in [0.1, 0.15) is 11.9 Å². The highest BCUT2D eigenvalue weighted by atomic mass is 35.5. The molecule has 0 radical (unpaired) electrons. The molecule has 2 fully saturated rings. The average molecular weight is 332 g/mol. The van der Waals surface area contributed by atoms with Crippen LogP contribution in [0.1, 0.15) is 24.3 Å². The average Bonchev–Trinajstić information content (AvgIpc) is 2.87. The predicted octanol–water partition coefficient (Wildman–Crippen LogP) is 2.76. The lowest BCUT2D eigenvalue weighted by Crippen LogP contribution is -2.46. The van der Waals surface area contributed by atoms with Crippen LogP contribution in [0.15, 0.2) is 12.1 Å². The summed E-state index contributed by atoms with van der Waals surface area (Å²) in [4.78, 5) is 13.6. The standard InChI is InChI=1S/C14H15Cl2NO4/c15-10-1-2-11(19)12(13(10)16)7-3-8-4-9(6-18)21-14(20)17(8)5-7/h1-2,7-9,18-19H,3-6H2/t7-,8-,9+/m0/s1. The van der Waals surface area contributed by atoms with E-state index in [1.807, 2.05) is 0 Å². The summed E-state index contributed by atoms with van der Waals surface area (Å²) in [5.41, 5.74) is 0.576. The molecule has 0 saturated carbocycles. The van der Waals surface area contributed by atoms with Crippen molar-refractivity contribution in [3.63, 3.8) is 0 Å². The second-order valence-corrected chi connectivity index (χ2v) is 6.24. The third-order valence-corrected chi connectivity index (χ3v) is 4.99. The Kier molecular flexibility index (Phi) is 3.90. The highest BCUT2D eigenvalue weighted by Gasteiger charge is 2.43. The van der Waals surface area contributed by atoms with Crippen LogP contribution >= 0.6 is 23.2 Å². The third-order valence-electron chi connectivity index (χ3n) is 4.17. The van der Waals surface area contributed by atoms with Crippen molar-refractivity contribution in [1.29, 1.82) is 0 Å². The number of aliphatic hydroxyl groups excluding tert-OH is 1. The number of fused-ring (bicyclic) bond motifs is 1. The van der Waals surface area contributed by atoms with Gasteiger partial charge in [-0.15, -0.1) is 0 Å². The Morgan fingerprint density at radius 1 is 1.33 bits per heavy atom. The van der Waals surface area contributed by atoms with Crippen LogP contribution in [0, 0.1) is 0 Å². The van der Waals surface area contributed by atoms with Gasteiger partial charge in [0.05, 0.1) is 16.7 Å². The van der Waals surface area contributed by atoms with Crippen molar-refractivity contribution in [2.24, 2.45) is 0 Å². The number of phenols is 1. The van der Waals surface area contributed by atoms with Crippen molar-refractivity contribution in [2.75, 3.05) is 13.2 Å². The molecular formula is C14H15Cl2NO4. The number of aliphatic hydroxyl groups is 1. The minimum absolute atomic E-state index is 0.0113. The molecular weight excluding hydrogens is 317 g/mol. The van der Waals surface area contributed by atoms with Gasteiger partial charge in [0.25, 0.3) is 0 Å². The number of halogens is 2. The van der Waals surface area contributed by atoms with E-state index in [4.69, 9.17) is 33.0 Å². The first kappa shape index (κ1) is 14.8. The van der Waals surface area contributed by atoms with Crippen LogP contribution in [0.25, 0.3) is 0 Å². The molecule has 1 aromatic rings. The first-order valence-electron chi connectivity index (χ1n) is 6.76. The first-order valence-corrected chi connectivity index (χ1v) is 7.51. The minimum atomic E-state index is -0.457. The lowest BCUT2D eigenvalue weighted by atomic mass is 9.93. The highest BCUT2D eigenvalue weighted by molar-refractivity contribution is 6.42. The van der Waals surface area contributed by atoms with E-state index in [2.05, 4.69) is 0 Å². The van der Waals surface area contributed by atoms with Crippen LogP contribution in [-0.2, 0) is 4.74 Å². The van der Waals surface area contributed by atoms with Crippen LogP contribution in [0.3, 0.4) is 0 Å². The normalized spacial score (nSPS) is 28.4. The van der Waals surface area contributed by atoms with E-state index in [9.17, 15) is 9.90 Å². The van der Waals surface area contributed by atoms with Gasteiger partial charge in [-0.05, 0) is 18.6 Å². The lowest BCUT2D eigenvalue weighted by molar-refractivity contribution is -0.0127. The number of rotatable bonds is 2. The summed E-state index contributed by atoms with van der Waals surface area (Å²) in [6.45, 7) is 0.249. The number of carbonyl (C=O) groups is 1. The van der Waals surface area contributed by atoms with Crippen molar-refractivity contribution in [3.05, 3.63) is 27.7 Å². The van der Waals surface area contributed by atoms with E-state index >= 15 is 0 Å².